The number of aliphatic hydroxyl groups excluding tert-OH is 1. The zero-order chi connectivity index (χ0) is 10.9. The molecule has 0 amide bonds. The van der Waals surface area contributed by atoms with Crippen LogP contribution in [0.5, 0.6) is 5.75 Å². The number of hydrogen-bond donors (Lipinski definition) is 1. The van der Waals surface area contributed by atoms with Crippen molar-refractivity contribution >= 4 is 0 Å². The molecule has 0 bridgehead atoms. The van der Waals surface area contributed by atoms with Gasteiger partial charge in [0.25, 0.3) is 0 Å². The van der Waals surface area contributed by atoms with Crippen LogP contribution in [0.25, 0.3) is 0 Å². The van der Waals surface area contributed by atoms with Crippen molar-refractivity contribution < 1.29 is 9.84 Å². The molecule has 0 aliphatic rings. The summed E-state index contributed by atoms with van der Waals surface area (Å²) in [6.45, 7) is 2.83. The highest BCUT2D eigenvalue weighted by molar-refractivity contribution is 5.39. The highest BCUT2D eigenvalue weighted by atomic mass is 16.5. The molecule has 0 aromatic heterocycles. The maximum absolute atomic E-state index is 8.59. The van der Waals surface area contributed by atoms with Crippen LogP contribution >= 0.6 is 0 Å². The van der Waals surface area contributed by atoms with Gasteiger partial charge in [0.2, 0.25) is 0 Å². The molecule has 0 atom stereocenters. The summed E-state index contributed by atoms with van der Waals surface area (Å²) in [5, 5.41) is 8.59. The third kappa shape index (κ3) is 4.53. The van der Waals surface area contributed by atoms with Crippen molar-refractivity contribution in [2.24, 2.45) is 0 Å². The number of aliphatic hydroxyl groups is 1. The van der Waals surface area contributed by atoms with Gasteiger partial charge in [-0.05, 0) is 31.5 Å². The minimum absolute atomic E-state index is 0.202. The van der Waals surface area contributed by atoms with E-state index in [0.717, 1.165) is 24.2 Å². The Kier molecular flexibility index (Phi) is 5.35. The lowest BCUT2D eigenvalue weighted by atomic mass is 10.2. The molecular weight excluding hydrogens is 188 g/mol. The van der Waals surface area contributed by atoms with Crippen LogP contribution in [0, 0.1) is 11.8 Å². The Labute approximate surface area is 90.9 Å². The predicted octanol–water partition coefficient (Wildman–Crippen LogP) is 2.21. The van der Waals surface area contributed by atoms with Crippen LogP contribution in [0.2, 0.25) is 0 Å². The molecule has 1 aromatic carbocycles. The molecule has 80 valence electrons. The fraction of sp³-hybridized carbons (Fsp3) is 0.385. The predicted molar refractivity (Wildman–Crippen MR) is 60.8 cm³/mol. The van der Waals surface area contributed by atoms with Crippen LogP contribution in [0.1, 0.15) is 25.3 Å². The molecule has 1 rings (SSSR count). The first-order valence-corrected chi connectivity index (χ1v) is 5.19. The van der Waals surface area contributed by atoms with Crippen LogP contribution in [0.15, 0.2) is 24.3 Å². The quantitative estimate of drug-likeness (QED) is 0.602. The van der Waals surface area contributed by atoms with E-state index in [9.17, 15) is 0 Å². The zero-order valence-electron chi connectivity index (χ0n) is 8.99. The number of ether oxygens (including phenoxy) is 1. The third-order valence-corrected chi connectivity index (χ3v) is 1.84. The largest absolute Gasteiger partial charge is 0.494 e. The van der Waals surface area contributed by atoms with E-state index < -0.39 is 0 Å². The molecule has 2 heteroatoms. The molecule has 0 aliphatic carbocycles. The van der Waals surface area contributed by atoms with E-state index in [1.165, 1.54) is 0 Å². The highest BCUT2D eigenvalue weighted by Crippen LogP contribution is 2.12. The van der Waals surface area contributed by atoms with Gasteiger partial charge in [-0.1, -0.05) is 17.9 Å². The lowest BCUT2D eigenvalue weighted by Gasteiger charge is -2.01. The summed E-state index contributed by atoms with van der Waals surface area (Å²) < 4.78 is 5.37. The van der Waals surface area contributed by atoms with Gasteiger partial charge < -0.3 is 9.84 Å². The van der Waals surface area contributed by atoms with Crippen molar-refractivity contribution in [3.05, 3.63) is 29.8 Å². The highest BCUT2D eigenvalue weighted by Gasteiger charge is 1.92. The normalized spacial score (nSPS) is 9.20. The Bertz CT molecular complexity index is 347. The lowest BCUT2D eigenvalue weighted by molar-refractivity contribution is 0.290. The Morgan fingerprint density at radius 3 is 3.00 bits per heavy atom. The minimum atomic E-state index is 0.202. The number of unbranched alkanes of at least 4 members (excludes halogenated alkanes) is 1. The maximum Gasteiger partial charge on any atom is 0.120 e. The van der Waals surface area contributed by atoms with E-state index >= 15 is 0 Å². The van der Waals surface area contributed by atoms with Crippen LogP contribution in [-0.4, -0.2) is 18.3 Å². The van der Waals surface area contributed by atoms with Gasteiger partial charge in [-0.2, -0.15) is 0 Å². The molecule has 0 heterocycles. The molecule has 1 aromatic rings. The average Bonchev–Trinajstić information content (AvgIpc) is 2.26. The zero-order valence-corrected chi connectivity index (χ0v) is 8.99. The summed E-state index contributed by atoms with van der Waals surface area (Å²) in [5.41, 5.74) is 0.957. The lowest BCUT2D eigenvalue weighted by Crippen LogP contribution is -1.91. The average molecular weight is 204 g/mol. The molecule has 15 heavy (non-hydrogen) atoms. The first kappa shape index (κ1) is 11.6. The Hall–Kier alpha value is -1.46. The molecule has 0 fully saturated rings. The van der Waals surface area contributed by atoms with Gasteiger partial charge in [0.05, 0.1) is 6.61 Å². The SMILES string of the molecule is CCOc1cccc(C#CCCCO)c1. The fourth-order valence-electron chi connectivity index (χ4n) is 1.16. The fourth-order valence-corrected chi connectivity index (χ4v) is 1.16. The molecule has 0 saturated heterocycles. The third-order valence-electron chi connectivity index (χ3n) is 1.84. The van der Waals surface area contributed by atoms with Crippen LogP contribution in [0.3, 0.4) is 0 Å². The van der Waals surface area contributed by atoms with Crippen molar-refractivity contribution in [1.29, 1.82) is 0 Å². The second-order valence-corrected chi connectivity index (χ2v) is 3.09. The van der Waals surface area contributed by atoms with Gasteiger partial charge in [0.1, 0.15) is 5.75 Å². The van der Waals surface area contributed by atoms with E-state index in [1.54, 1.807) is 0 Å². The number of benzene rings is 1. The van der Waals surface area contributed by atoms with Crippen molar-refractivity contribution in [2.45, 2.75) is 19.8 Å². The van der Waals surface area contributed by atoms with Gasteiger partial charge in [-0.3, -0.25) is 0 Å². The van der Waals surface area contributed by atoms with E-state index in [-0.39, 0.29) is 6.61 Å². The van der Waals surface area contributed by atoms with Crippen molar-refractivity contribution in [3.63, 3.8) is 0 Å². The Morgan fingerprint density at radius 1 is 1.40 bits per heavy atom. The van der Waals surface area contributed by atoms with Crippen molar-refractivity contribution in [2.75, 3.05) is 13.2 Å². The van der Waals surface area contributed by atoms with E-state index in [1.807, 2.05) is 31.2 Å². The summed E-state index contributed by atoms with van der Waals surface area (Å²) in [6, 6.07) is 7.73. The molecule has 0 radical (unpaired) electrons. The summed E-state index contributed by atoms with van der Waals surface area (Å²) in [6.07, 6.45) is 1.47. The second-order valence-electron chi connectivity index (χ2n) is 3.09. The molecular formula is C13H16O2. The van der Waals surface area contributed by atoms with E-state index in [4.69, 9.17) is 9.84 Å². The summed E-state index contributed by atoms with van der Waals surface area (Å²) in [7, 11) is 0. The first-order chi connectivity index (χ1) is 7.36. The molecule has 0 spiro atoms. The van der Waals surface area contributed by atoms with Crippen molar-refractivity contribution in [1.82, 2.24) is 0 Å². The Balaban J connectivity index is 2.59. The van der Waals surface area contributed by atoms with Crippen LogP contribution in [0.4, 0.5) is 0 Å². The first-order valence-electron chi connectivity index (χ1n) is 5.19. The topological polar surface area (TPSA) is 29.5 Å². The standard InChI is InChI=1S/C13H16O2/c1-2-15-13-9-6-8-12(11-13)7-4-3-5-10-14/h6,8-9,11,14H,2-3,5,10H2,1H3. The van der Waals surface area contributed by atoms with Crippen LogP contribution in [-0.2, 0) is 0 Å². The van der Waals surface area contributed by atoms with Gasteiger partial charge in [-0.15, -0.1) is 0 Å². The van der Waals surface area contributed by atoms with Gasteiger partial charge in [0, 0.05) is 18.6 Å². The summed E-state index contributed by atoms with van der Waals surface area (Å²) >= 11 is 0. The minimum Gasteiger partial charge on any atom is -0.494 e. The monoisotopic (exact) mass is 204 g/mol. The van der Waals surface area contributed by atoms with Crippen molar-refractivity contribution in [3.8, 4) is 17.6 Å². The molecule has 2 nitrogen and oxygen atoms in total. The van der Waals surface area contributed by atoms with Gasteiger partial charge >= 0.3 is 0 Å². The number of rotatable bonds is 4. The molecule has 0 aliphatic heterocycles. The maximum atomic E-state index is 8.59. The molecule has 0 saturated carbocycles. The smallest absolute Gasteiger partial charge is 0.120 e. The Morgan fingerprint density at radius 2 is 2.27 bits per heavy atom. The summed E-state index contributed by atoms with van der Waals surface area (Å²) in [5.74, 6) is 6.90. The van der Waals surface area contributed by atoms with Gasteiger partial charge in [-0.25, -0.2) is 0 Å². The summed E-state index contributed by atoms with van der Waals surface area (Å²) in [4.78, 5) is 0. The van der Waals surface area contributed by atoms with Crippen LogP contribution < -0.4 is 4.74 Å². The number of hydrogen-bond acceptors (Lipinski definition) is 2. The molecule has 1 N–H and O–H groups in total. The van der Waals surface area contributed by atoms with E-state index in [2.05, 4.69) is 11.8 Å². The van der Waals surface area contributed by atoms with Gasteiger partial charge in [0.15, 0.2) is 0 Å². The molecule has 0 unspecified atom stereocenters. The second kappa shape index (κ2) is 6.92. The van der Waals surface area contributed by atoms with E-state index in [0.29, 0.717) is 6.61 Å².